The first-order valence-corrected chi connectivity index (χ1v) is 6.71. The number of aliphatic hydroxyl groups excluding tert-OH is 1. The topological polar surface area (TPSA) is 51.8 Å². The van der Waals surface area contributed by atoms with Gasteiger partial charge >= 0.3 is 0 Å². The van der Waals surface area contributed by atoms with Crippen LogP contribution >= 0.6 is 12.2 Å². The van der Waals surface area contributed by atoms with Gasteiger partial charge in [-0.2, -0.15) is 0 Å². The van der Waals surface area contributed by atoms with Gasteiger partial charge in [-0.1, -0.05) is 12.5 Å². The van der Waals surface area contributed by atoms with Crippen molar-refractivity contribution in [1.29, 1.82) is 0 Å². The summed E-state index contributed by atoms with van der Waals surface area (Å²) in [6, 6.07) is 0. The number of hydrogen-bond donors (Lipinski definition) is 3. The molecule has 0 saturated heterocycles. The molecule has 0 saturated carbocycles. The number of allylic oxidation sites excluding steroid dienone is 1. The summed E-state index contributed by atoms with van der Waals surface area (Å²) in [5.74, 6) is 0.633. The molecular formula is C13H20N2OS. The van der Waals surface area contributed by atoms with Crippen molar-refractivity contribution in [3.63, 3.8) is 0 Å². The van der Waals surface area contributed by atoms with Gasteiger partial charge in [0.15, 0.2) is 4.77 Å². The Morgan fingerprint density at radius 1 is 1.47 bits per heavy atom. The molecule has 1 aromatic rings. The van der Waals surface area contributed by atoms with Crippen LogP contribution in [0.2, 0.25) is 0 Å². The van der Waals surface area contributed by atoms with Gasteiger partial charge in [0.1, 0.15) is 0 Å². The van der Waals surface area contributed by atoms with Crippen LogP contribution < -0.4 is 0 Å². The third-order valence-electron chi connectivity index (χ3n) is 3.67. The number of aromatic nitrogens is 2. The summed E-state index contributed by atoms with van der Waals surface area (Å²) in [5.41, 5.74) is 3.90. The lowest BCUT2D eigenvalue weighted by Crippen LogP contribution is -2.15. The van der Waals surface area contributed by atoms with Gasteiger partial charge < -0.3 is 15.1 Å². The van der Waals surface area contributed by atoms with Crippen LogP contribution in [0, 0.1) is 10.7 Å². The fraction of sp³-hybridized carbons (Fsp3) is 0.615. The Morgan fingerprint density at radius 2 is 2.29 bits per heavy atom. The molecule has 0 amide bonds. The molecule has 17 heavy (non-hydrogen) atoms. The van der Waals surface area contributed by atoms with E-state index in [9.17, 15) is 5.11 Å². The van der Waals surface area contributed by atoms with Gasteiger partial charge in [-0.15, -0.1) is 0 Å². The van der Waals surface area contributed by atoms with E-state index in [1.54, 1.807) is 0 Å². The van der Waals surface area contributed by atoms with Crippen LogP contribution in [0.25, 0.3) is 0 Å². The summed E-state index contributed by atoms with van der Waals surface area (Å²) in [7, 11) is 0. The van der Waals surface area contributed by atoms with E-state index in [0.29, 0.717) is 10.7 Å². The summed E-state index contributed by atoms with van der Waals surface area (Å²) in [6.45, 7) is 2.40. The fourth-order valence-corrected chi connectivity index (χ4v) is 2.91. The van der Waals surface area contributed by atoms with Crippen molar-refractivity contribution in [3.8, 4) is 0 Å². The normalized spacial score (nSPS) is 20.9. The second-order valence-electron chi connectivity index (χ2n) is 4.80. The molecule has 0 bridgehead atoms. The van der Waals surface area contributed by atoms with Gasteiger partial charge in [0.25, 0.3) is 0 Å². The molecule has 4 heteroatoms. The molecule has 0 aliphatic heterocycles. The Labute approximate surface area is 107 Å². The minimum absolute atomic E-state index is 0.225. The van der Waals surface area contributed by atoms with E-state index in [0.717, 1.165) is 25.7 Å². The molecule has 0 aromatic carbocycles. The molecule has 1 aliphatic rings. The van der Waals surface area contributed by atoms with Crippen molar-refractivity contribution < 1.29 is 5.11 Å². The fourth-order valence-electron chi connectivity index (χ4n) is 2.72. The third-order valence-corrected chi connectivity index (χ3v) is 3.89. The lowest BCUT2D eigenvalue weighted by atomic mass is 9.81. The van der Waals surface area contributed by atoms with Crippen LogP contribution in [0.1, 0.15) is 38.3 Å². The summed E-state index contributed by atoms with van der Waals surface area (Å²) in [5, 5.41) is 9.39. The molecule has 94 valence electrons. The van der Waals surface area contributed by atoms with Crippen LogP contribution in [0.5, 0.6) is 0 Å². The molecule has 0 fully saturated rings. The van der Waals surface area contributed by atoms with E-state index in [4.69, 9.17) is 12.2 Å². The van der Waals surface area contributed by atoms with Crippen molar-refractivity contribution >= 4 is 12.2 Å². The number of imidazole rings is 1. The Hall–Kier alpha value is -0.870. The molecule has 1 aromatic heterocycles. The van der Waals surface area contributed by atoms with Crippen molar-refractivity contribution in [2.75, 3.05) is 6.61 Å². The highest BCUT2D eigenvalue weighted by atomic mass is 32.1. The molecular weight excluding hydrogens is 232 g/mol. The lowest BCUT2D eigenvalue weighted by molar-refractivity contribution is 0.306. The van der Waals surface area contributed by atoms with Crippen molar-refractivity contribution in [3.05, 3.63) is 27.8 Å². The largest absolute Gasteiger partial charge is 0.392 e. The maximum atomic E-state index is 9.39. The van der Waals surface area contributed by atoms with Crippen molar-refractivity contribution in [1.82, 2.24) is 9.97 Å². The van der Waals surface area contributed by atoms with Crippen molar-refractivity contribution in [2.45, 2.75) is 39.0 Å². The lowest BCUT2D eigenvalue weighted by Gasteiger charge is -2.25. The zero-order valence-corrected chi connectivity index (χ0v) is 11.1. The van der Waals surface area contributed by atoms with Crippen LogP contribution in [0.4, 0.5) is 0 Å². The van der Waals surface area contributed by atoms with E-state index in [2.05, 4.69) is 16.9 Å². The Balaban J connectivity index is 2.02. The van der Waals surface area contributed by atoms with Gasteiger partial charge in [0.05, 0.1) is 6.61 Å². The van der Waals surface area contributed by atoms with Crippen molar-refractivity contribution in [2.24, 2.45) is 5.92 Å². The second kappa shape index (κ2) is 5.65. The van der Waals surface area contributed by atoms with Gasteiger partial charge in [-0.25, -0.2) is 0 Å². The molecule has 1 unspecified atom stereocenters. The van der Waals surface area contributed by atoms with E-state index in [-0.39, 0.29) is 6.61 Å². The van der Waals surface area contributed by atoms with E-state index in [1.165, 1.54) is 23.3 Å². The smallest absolute Gasteiger partial charge is 0.174 e. The van der Waals surface area contributed by atoms with E-state index < -0.39 is 0 Å². The minimum Gasteiger partial charge on any atom is -0.392 e. The molecule has 1 heterocycles. The first kappa shape index (κ1) is 12.6. The van der Waals surface area contributed by atoms with Gasteiger partial charge in [-0.3, -0.25) is 0 Å². The quantitative estimate of drug-likeness (QED) is 0.569. The van der Waals surface area contributed by atoms with Crippen LogP contribution in [0.15, 0.2) is 17.3 Å². The van der Waals surface area contributed by atoms with Crippen LogP contribution in [0.3, 0.4) is 0 Å². The summed E-state index contributed by atoms with van der Waals surface area (Å²) >= 11 is 5.02. The molecule has 2 rings (SSSR count). The van der Waals surface area contributed by atoms with Crippen LogP contribution in [-0.2, 0) is 6.42 Å². The SMILES string of the molecule is CCC1=C(CO)CC(Cc2c[nH]c(=S)[nH]2)CC1. The highest BCUT2D eigenvalue weighted by Gasteiger charge is 2.20. The molecule has 0 spiro atoms. The summed E-state index contributed by atoms with van der Waals surface area (Å²) in [4.78, 5) is 6.16. The number of aliphatic hydroxyl groups is 1. The zero-order valence-electron chi connectivity index (χ0n) is 10.3. The summed E-state index contributed by atoms with van der Waals surface area (Å²) in [6.07, 6.45) is 7.45. The average Bonchev–Trinajstić information content (AvgIpc) is 2.74. The second-order valence-corrected chi connectivity index (χ2v) is 5.21. The number of aromatic amines is 2. The average molecular weight is 252 g/mol. The number of nitrogens with one attached hydrogen (secondary N) is 2. The third kappa shape index (κ3) is 3.07. The molecule has 3 N–H and O–H groups in total. The van der Waals surface area contributed by atoms with E-state index in [1.807, 2.05) is 6.20 Å². The highest BCUT2D eigenvalue weighted by Crippen LogP contribution is 2.32. The molecule has 3 nitrogen and oxygen atoms in total. The number of hydrogen-bond acceptors (Lipinski definition) is 2. The maximum Gasteiger partial charge on any atom is 0.174 e. The predicted molar refractivity (Wildman–Crippen MR) is 71.4 cm³/mol. The van der Waals surface area contributed by atoms with Gasteiger partial charge in [-0.05, 0) is 55.8 Å². The highest BCUT2D eigenvalue weighted by molar-refractivity contribution is 7.71. The first-order chi connectivity index (χ1) is 8.22. The maximum absolute atomic E-state index is 9.39. The number of rotatable bonds is 4. The van der Waals surface area contributed by atoms with Gasteiger partial charge in [0.2, 0.25) is 0 Å². The Kier molecular flexibility index (Phi) is 4.18. The predicted octanol–water partition coefficient (Wildman–Crippen LogP) is 3.11. The van der Waals surface area contributed by atoms with Crippen LogP contribution in [-0.4, -0.2) is 21.7 Å². The molecule has 1 aliphatic carbocycles. The first-order valence-electron chi connectivity index (χ1n) is 6.30. The van der Waals surface area contributed by atoms with E-state index >= 15 is 0 Å². The molecule has 1 atom stereocenters. The zero-order chi connectivity index (χ0) is 12.3. The number of H-pyrrole nitrogens is 2. The molecule has 0 radical (unpaired) electrons. The minimum atomic E-state index is 0.225. The summed E-state index contributed by atoms with van der Waals surface area (Å²) < 4.78 is 0.697. The van der Waals surface area contributed by atoms with Gasteiger partial charge in [0, 0.05) is 11.9 Å². The Bertz CT molecular complexity index is 458. The Morgan fingerprint density at radius 3 is 2.88 bits per heavy atom. The standard InChI is InChI=1S/C13H20N2OS/c1-2-10-4-3-9(5-11(10)8-16)6-12-7-14-13(17)15-12/h7,9,16H,2-6,8H2,1H3,(H2,14,15,17). The monoisotopic (exact) mass is 252 g/mol.